The van der Waals surface area contributed by atoms with Gasteiger partial charge in [0.1, 0.15) is 0 Å². The molecule has 0 aromatic heterocycles. The summed E-state index contributed by atoms with van der Waals surface area (Å²) in [4.78, 5) is 6.56. The molecule has 0 aliphatic heterocycles. The molecule has 1 N–H and O–H groups in total. The van der Waals surface area contributed by atoms with Crippen LogP contribution in [0, 0.1) is 0 Å². The van der Waals surface area contributed by atoms with Gasteiger partial charge in [0.2, 0.25) is 0 Å². The molecule has 15 heavy (non-hydrogen) atoms. The third kappa shape index (κ3) is 4.03. The van der Waals surface area contributed by atoms with Gasteiger partial charge in [0, 0.05) is 19.1 Å². The quantitative estimate of drug-likeness (QED) is 0.578. The molecule has 0 heterocycles. The van der Waals surface area contributed by atoms with E-state index in [9.17, 15) is 0 Å². The number of thioether (sulfide) groups is 1. The van der Waals surface area contributed by atoms with E-state index in [1.54, 1.807) is 11.8 Å². The highest BCUT2D eigenvalue weighted by atomic mass is 32.2. The minimum absolute atomic E-state index is 0.632. The standard InChI is InChI=1S/C11H23N3S/c1-12-11(15-4)13-9-5-7-10(8-6-9)14(2)3/h9-10H,5-8H2,1-4H3,(H,12,13). The fourth-order valence-electron chi connectivity index (χ4n) is 2.13. The zero-order chi connectivity index (χ0) is 11.3. The molecule has 88 valence electrons. The van der Waals surface area contributed by atoms with Gasteiger partial charge in [0.15, 0.2) is 5.17 Å². The van der Waals surface area contributed by atoms with E-state index in [4.69, 9.17) is 0 Å². The average molecular weight is 229 g/mol. The maximum absolute atomic E-state index is 4.21. The Morgan fingerprint density at radius 1 is 1.27 bits per heavy atom. The van der Waals surface area contributed by atoms with Crippen LogP contribution >= 0.6 is 11.8 Å². The van der Waals surface area contributed by atoms with E-state index >= 15 is 0 Å². The molecule has 0 radical (unpaired) electrons. The first kappa shape index (κ1) is 12.8. The van der Waals surface area contributed by atoms with Crippen LogP contribution < -0.4 is 5.32 Å². The monoisotopic (exact) mass is 229 g/mol. The van der Waals surface area contributed by atoms with Gasteiger partial charge in [-0.3, -0.25) is 4.99 Å². The van der Waals surface area contributed by atoms with Crippen molar-refractivity contribution in [1.82, 2.24) is 10.2 Å². The van der Waals surface area contributed by atoms with Crippen molar-refractivity contribution in [1.29, 1.82) is 0 Å². The highest BCUT2D eigenvalue weighted by molar-refractivity contribution is 8.13. The Morgan fingerprint density at radius 2 is 1.87 bits per heavy atom. The minimum atomic E-state index is 0.632. The first-order chi connectivity index (χ1) is 7.17. The van der Waals surface area contributed by atoms with Crippen molar-refractivity contribution in [2.45, 2.75) is 37.8 Å². The third-order valence-corrected chi connectivity index (χ3v) is 3.84. The summed E-state index contributed by atoms with van der Waals surface area (Å²) in [5.41, 5.74) is 0. The molecular weight excluding hydrogens is 206 g/mol. The van der Waals surface area contributed by atoms with Crippen LogP contribution in [0.15, 0.2) is 4.99 Å². The molecule has 0 atom stereocenters. The molecule has 1 aliphatic rings. The molecule has 4 heteroatoms. The molecule has 0 aromatic rings. The van der Waals surface area contributed by atoms with E-state index in [2.05, 4.69) is 35.6 Å². The Bertz CT molecular complexity index is 208. The first-order valence-corrected chi connectivity index (χ1v) is 6.83. The molecule has 0 unspecified atom stereocenters. The molecule has 0 spiro atoms. The topological polar surface area (TPSA) is 27.6 Å². The number of hydrogen-bond acceptors (Lipinski definition) is 3. The smallest absolute Gasteiger partial charge is 0.156 e. The fraction of sp³-hybridized carbons (Fsp3) is 0.909. The zero-order valence-corrected chi connectivity index (χ0v) is 11.1. The normalized spacial score (nSPS) is 28.2. The average Bonchev–Trinajstić information content (AvgIpc) is 2.26. The van der Waals surface area contributed by atoms with Gasteiger partial charge in [0.25, 0.3) is 0 Å². The summed E-state index contributed by atoms with van der Waals surface area (Å²) in [5, 5.41) is 4.58. The highest BCUT2D eigenvalue weighted by Crippen LogP contribution is 2.21. The summed E-state index contributed by atoms with van der Waals surface area (Å²) in [6.07, 6.45) is 7.21. The summed E-state index contributed by atoms with van der Waals surface area (Å²) in [6.45, 7) is 0. The number of amidine groups is 1. The van der Waals surface area contributed by atoms with Crippen molar-refractivity contribution >= 4 is 16.9 Å². The lowest BCUT2D eigenvalue weighted by molar-refractivity contribution is 0.212. The SMILES string of the molecule is C/N=C(/NC1CCC(N(C)C)CC1)SC. The maximum atomic E-state index is 4.21. The van der Waals surface area contributed by atoms with Crippen molar-refractivity contribution < 1.29 is 0 Å². The zero-order valence-electron chi connectivity index (χ0n) is 10.3. The van der Waals surface area contributed by atoms with Crippen molar-refractivity contribution in [3.05, 3.63) is 0 Å². The van der Waals surface area contributed by atoms with Gasteiger partial charge >= 0.3 is 0 Å². The third-order valence-electron chi connectivity index (χ3n) is 3.15. The second kappa shape index (κ2) is 6.38. The largest absolute Gasteiger partial charge is 0.362 e. The summed E-state index contributed by atoms with van der Waals surface area (Å²) in [5.74, 6) is 0. The number of nitrogens with one attached hydrogen (secondary N) is 1. The van der Waals surface area contributed by atoms with Gasteiger partial charge in [-0.1, -0.05) is 11.8 Å². The van der Waals surface area contributed by atoms with E-state index in [1.807, 2.05) is 7.05 Å². The van der Waals surface area contributed by atoms with Crippen LogP contribution in [-0.2, 0) is 0 Å². The molecule has 1 saturated carbocycles. The van der Waals surface area contributed by atoms with Gasteiger partial charge in [-0.15, -0.1) is 0 Å². The van der Waals surface area contributed by atoms with Crippen LogP contribution in [0.1, 0.15) is 25.7 Å². The lowest BCUT2D eigenvalue weighted by Gasteiger charge is -2.33. The van der Waals surface area contributed by atoms with Crippen LogP contribution in [-0.4, -0.2) is 49.6 Å². The Labute approximate surface area is 97.7 Å². The lowest BCUT2D eigenvalue weighted by Crippen LogP contribution is -2.41. The van der Waals surface area contributed by atoms with E-state index in [1.165, 1.54) is 25.7 Å². The number of aliphatic imine (C=N–C) groups is 1. The number of hydrogen-bond donors (Lipinski definition) is 1. The van der Waals surface area contributed by atoms with Gasteiger partial charge in [-0.25, -0.2) is 0 Å². The van der Waals surface area contributed by atoms with Crippen molar-refractivity contribution in [3.63, 3.8) is 0 Å². The summed E-state index contributed by atoms with van der Waals surface area (Å²) in [7, 11) is 6.21. The fourth-order valence-corrected chi connectivity index (χ4v) is 2.59. The van der Waals surface area contributed by atoms with Gasteiger partial charge < -0.3 is 10.2 Å². The minimum Gasteiger partial charge on any atom is -0.362 e. The number of nitrogens with zero attached hydrogens (tertiary/aromatic N) is 2. The Kier molecular flexibility index (Phi) is 5.47. The molecule has 1 rings (SSSR count). The van der Waals surface area contributed by atoms with Crippen LogP contribution in [0.2, 0.25) is 0 Å². The predicted octanol–water partition coefficient (Wildman–Crippen LogP) is 1.80. The van der Waals surface area contributed by atoms with Crippen LogP contribution in [0.3, 0.4) is 0 Å². The highest BCUT2D eigenvalue weighted by Gasteiger charge is 2.22. The van der Waals surface area contributed by atoms with E-state index in [-0.39, 0.29) is 0 Å². The van der Waals surface area contributed by atoms with E-state index in [0.717, 1.165) is 11.2 Å². The van der Waals surface area contributed by atoms with Crippen molar-refractivity contribution in [3.8, 4) is 0 Å². The Balaban J connectivity index is 2.31. The molecule has 3 nitrogen and oxygen atoms in total. The first-order valence-electron chi connectivity index (χ1n) is 5.61. The summed E-state index contributed by atoms with van der Waals surface area (Å²) < 4.78 is 0. The Hall–Kier alpha value is -0.220. The second-order valence-corrected chi connectivity index (χ2v) is 5.14. The van der Waals surface area contributed by atoms with Gasteiger partial charge in [0.05, 0.1) is 0 Å². The van der Waals surface area contributed by atoms with Gasteiger partial charge in [-0.05, 0) is 46.0 Å². The predicted molar refractivity (Wildman–Crippen MR) is 69.7 cm³/mol. The van der Waals surface area contributed by atoms with Crippen molar-refractivity contribution in [2.24, 2.45) is 4.99 Å². The van der Waals surface area contributed by atoms with Crippen LogP contribution in [0.5, 0.6) is 0 Å². The van der Waals surface area contributed by atoms with E-state index < -0.39 is 0 Å². The lowest BCUT2D eigenvalue weighted by atomic mass is 9.91. The second-order valence-electron chi connectivity index (χ2n) is 4.35. The van der Waals surface area contributed by atoms with Gasteiger partial charge in [-0.2, -0.15) is 0 Å². The maximum Gasteiger partial charge on any atom is 0.156 e. The number of rotatable bonds is 2. The molecule has 0 amide bonds. The van der Waals surface area contributed by atoms with Crippen molar-refractivity contribution in [2.75, 3.05) is 27.4 Å². The molecule has 1 fully saturated rings. The summed E-state index contributed by atoms with van der Waals surface area (Å²) >= 11 is 1.70. The molecule has 0 bridgehead atoms. The molecule has 0 aromatic carbocycles. The van der Waals surface area contributed by atoms with Crippen LogP contribution in [0.25, 0.3) is 0 Å². The van der Waals surface area contributed by atoms with E-state index in [0.29, 0.717) is 6.04 Å². The molecular formula is C11H23N3S. The summed E-state index contributed by atoms with van der Waals surface area (Å²) in [6, 6.07) is 1.41. The molecule has 0 saturated heterocycles. The Morgan fingerprint density at radius 3 is 2.27 bits per heavy atom. The van der Waals surface area contributed by atoms with Crippen LogP contribution in [0.4, 0.5) is 0 Å². The molecule has 1 aliphatic carbocycles.